The van der Waals surface area contributed by atoms with Crippen molar-refractivity contribution in [3.63, 3.8) is 0 Å². The number of carbonyl (C=O) groups excluding carboxylic acids is 1. The van der Waals surface area contributed by atoms with Gasteiger partial charge in [0.05, 0.1) is 5.69 Å². The van der Waals surface area contributed by atoms with Gasteiger partial charge in [-0.15, -0.1) is 5.10 Å². The van der Waals surface area contributed by atoms with Gasteiger partial charge in [0.25, 0.3) is 5.91 Å². The van der Waals surface area contributed by atoms with Crippen LogP contribution in [0.5, 0.6) is 0 Å². The first-order chi connectivity index (χ1) is 9.82. The van der Waals surface area contributed by atoms with E-state index in [1.165, 1.54) is 0 Å². The lowest BCUT2D eigenvalue weighted by Gasteiger charge is -2.16. The Kier molecular flexibility index (Phi) is 4.78. The first kappa shape index (κ1) is 16.1. The molecule has 2 rings (SSSR count). The van der Waals surface area contributed by atoms with Crippen LogP contribution in [0.1, 0.15) is 48.6 Å². The fourth-order valence-electron chi connectivity index (χ4n) is 1.99. The zero-order valence-electron chi connectivity index (χ0n) is 12.5. The van der Waals surface area contributed by atoms with Gasteiger partial charge in [0.2, 0.25) is 0 Å². The number of benzene rings is 1. The zero-order chi connectivity index (χ0) is 15.6. The van der Waals surface area contributed by atoms with E-state index in [9.17, 15) is 4.79 Å². The number of hydrogen-bond acceptors (Lipinski definition) is 4. The van der Waals surface area contributed by atoms with Gasteiger partial charge in [-0.2, -0.15) is 0 Å². The summed E-state index contributed by atoms with van der Waals surface area (Å²) in [7, 11) is 0. The van der Waals surface area contributed by atoms with Crippen molar-refractivity contribution < 1.29 is 4.79 Å². The number of aromatic nitrogens is 2. The van der Waals surface area contributed by atoms with Crippen LogP contribution < -0.4 is 5.32 Å². The third-order valence-corrected chi connectivity index (χ3v) is 4.32. The van der Waals surface area contributed by atoms with Crippen molar-refractivity contribution in [3.05, 3.63) is 38.8 Å². The van der Waals surface area contributed by atoms with Crippen molar-refractivity contribution in [2.45, 2.75) is 39.5 Å². The molecule has 1 amide bonds. The van der Waals surface area contributed by atoms with E-state index in [0.717, 1.165) is 39.4 Å². The minimum atomic E-state index is -0.201. The highest BCUT2D eigenvalue weighted by Gasteiger charge is 2.26. The molecule has 0 aliphatic rings. The van der Waals surface area contributed by atoms with Crippen LogP contribution in [0, 0.1) is 0 Å². The third kappa shape index (κ3) is 3.68. The summed E-state index contributed by atoms with van der Waals surface area (Å²) in [4.78, 5) is 13.1. The van der Waals surface area contributed by atoms with Crippen LogP contribution in [0.25, 0.3) is 0 Å². The molecule has 0 unspecified atom stereocenters. The van der Waals surface area contributed by atoms with E-state index in [1.54, 1.807) is 0 Å². The second kappa shape index (κ2) is 6.23. The molecule has 2 aromatic rings. The van der Waals surface area contributed by atoms with Crippen molar-refractivity contribution in [1.82, 2.24) is 9.59 Å². The fraction of sp³-hybridized carbons (Fsp3) is 0.400. The maximum absolute atomic E-state index is 12.5. The van der Waals surface area contributed by atoms with Crippen LogP contribution >= 0.6 is 27.5 Å². The number of amides is 1. The lowest BCUT2D eigenvalue weighted by Crippen LogP contribution is -2.20. The Hall–Kier alpha value is -1.27. The summed E-state index contributed by atoms with van der Waals surface area (Å²) in [6.07, 6.45) is 0.849. The molecule has 0 spiro atoms. The Morgan fingerprint density at radius 2 is 2.10 bits per heavy atom. The van der Waals surface area contributed by atoms with E-state index in [-0.39, 0.29) is 11.3 Å². The zero-order valence-corrected chi connectivity index (χ0v) is 14.9. The van der Waals surface area contributed by atoms with Gasteiger partial charge in [-0.25, -0.2) is 0 Å². The van der Waals surface area contributed by atoms with Crippen LogP contribution in [-0.4, -0.2) is 15.5 Å². The Morgan fingerprint density at radius 3 is 2.71 bits per heavy atom. The third-order valence-electron chi connectivity index (χ3n) is 3.10. The number of aryl methyl sites for hydroxylation is 1. The summed E-state index contributed by atoms with van der Waals surface area (Å²) in [6, 6.07) is 5.85. The molecule has 6 heteroatoms. The Morgan fingerprint density at radius 1 is 1.38 bits per heavy atom. The fourth-order valence-corrected chi connectivity index (χ4v) is 3.17. The molecule has 4 nitrogen and oxygen atoms in total. The maximum Gasteiger partial charge on any atom is 0.269 e. The molecule has 1 N–H and O–H groups in total. The van der Waals surface area contributed by atoms with E-state index in [2.05, 4.69) is 37.8 Å². The average Bonchev–Trinajstić information content (AvgIpc) is 2.90. The molecule has 1 aromatic heterocycles. The van der Waals surface area contributed by atoms with E-state index >= 15 is 0 Å². The molecule has 0 saturated carbocycles. The molecule has 1 aromatic carbocycles. The van der Waals surface area contributed by atoms with Crippen LogP contribution in [0.15, 0.2) is 22.7 Å². The summed E-state index contributed by atoms with van der Waals surface area (Å²) in [6.45, 7) is 8.14. The van der Waals surface area contributed by atoms with Gasteiger partial charge in [-0.05, 0) is 41.7 Å². The summed E-state index contributed by atoms with van der Waals surface area (Å²) in [5.41, 5.74) is 2.46. The Labute approximate surface area is 137 Å². The molecule has 0 bridgehead atoms. The van der Waals surface area contributed by atoms with E-state index < -0.39 is 0 Å². The Balaban J connectivity index is 2.29. The topological polar surface area (TPSA) is 54.9 Å². The number of nitrogens with zero attached hydrogens (tertiary/aromatic N) is 2. The molecule has 0 aliphatic carbocycles. The minimum absolute atomic E-state index is 0.146. The second-order valence-electron chi connectivity index (χ2n) is 5.81. The number of hydrogen-bond donors (Lipinski definition) is 1. The molecule has 21 heavy (non-hydrogen) atoms. The molecule has 0 atom stereocenters. The normalized spacial score (nSPS) is 11.5. The van der Waals surface area contributed by atoms with Crippen molar-refractivity contribution >= 4 is 39.1 Å². The highest BCUT2D eigenvalue weighted by molar-refractivity contribution is 9.10. The van der Waals surface area contributed by atoms with Crippen LogP contribution in [-0.2, 0) is 11.8 Å². The number of halogens is 1. The number of nitrogens with one attached hydrogen (secondary N) is 1. The van der Waals surface area contributed by atoms with Gasteiger partial charge in [-0.3, -0.25) is 4.79 Å². The molecular formula is C15H18BrN3OS. The molecule has 0 saturated heterocycles. The summed E-state index contributed by atoms with van der Waals surface area (Å²) in [5.74, 6) is -0.146. The lowest BCUT2D eigenvalue weighted by atomic mass is 9.91. The monoisotopic (exact) mass is 367 g/mol. The number of carbonyl (C=O) groups is 1. The molecule has 1 heterocycles. The SMILES string of the molecule is CCc1cc(Br)ccc1NC(=O)c1snnc1C(C)(C)C. The van der Waals surface area contributed by atoms with Gasteiger partial charge >= 0.3 is 0 Å². The van der Waals surface area contributed by atoms with Crippen LogP contribution in [0.3, 0.4) is 0 Å². The smallest absolute Gasteiger partial charge is 0.269 e. The molecule has 0 radical (unpaired) electrons. The van der Waals surface area contributed by atoms with Crippen molar-refractivity contribution in [2.24, 2.45) is 0 Å². The largest absolute Gasteiger partial charge is 0.321 e. The number of anilines is 1. The molecule has 0 aliphatic heterocycles. The molecule has 0 fully saturated rings. The van der Waals surface area contributed by atoms with Crippen LogP contribution in [0.2, 0.25) is 0 Å². The summed E-state index contributed by atoms with van der Waals surface area (Å²) >= 11 is 4.59. The van der Waals surface area contributed by atoms with Crippen molar-refractivity contribution in [3.8, 4) is 0 Å². The van der Waals surface area contributed by atoms with Gasteiger partial charge in [0.1, 0.15) is 4.88 Å². The highest BCUT2D eigenvalue weighted by atomic mass is 79.9. The molecular weight excluding hydrogens is 350 g/mol. The predicted molar refractivity (Wildman–Crippen MR) is 90.1 cm³/mol. The van der Waals surface area contributed by atoms with Gasteiger partial charge < -0.3 is 5.32 Å². The van der Waals surface area contributed by atoms with E-state index in [4.69, 9.17) is 0 Å². The van der Waals surface area contributed by atoms with E-state index in [0.29, 0.717) is 4.88 Å². The van der Waals surface area contributed by atoms with Gasteiger partial charge in [0, 0.05) is 15.6 Å². The summed E-state index contributed by atoms with van der Waals surface area (Å²) in [5, 5.41) is 7.08. The number of rotatable bonds is 3. The van der Waals surface area contributed by atoms with Gasteiger partial charge in [-0.1, -0.05) is 48.1 Å². The average molecular weight is 368 g/mol. The first-order valence-corrected chi connectivity index (χ1v) is 8.32. The van der Waals surface area contributed by atoms with Gasteiger partial charge in [0.15, 0.2) is 0 Å². The first-order valence-electron chi connectivity index (χ1n) is 6.75. The predicted octanol–water partition coefficient (Wildman–Crippen LogP) is 4.41. The Bertz CT molecular complexity index is 661. The lowest BCUT2D eigenvalue weighted by molar-refractivity contribution is 0.102. The quantitative estimate of drug-likeness (QED) is 0.873. The maximum atomic E-state index is 12.5. The summed E-state index contributed by atoms with van der Waals surface area (Å²) < 4.78 is 4.94. The van der Waals surface area contributed by atoms with E-state index in [1.807, 2.05) is 39.0 Å². The minimum Gasteiger partial charge on any atom is -0.321 e. The van der Waals surface area contributed by atoms with Crippen LogP contribution in [0.4, 0.5) is 5.69 Å². The van der Waals surface area contributed by atoms with Crippen molar-refractivity contribution in [2.75, 3.05) is 5.32 Å². The van der Waals surface area contributed by atoms with Crippen molar-refractivity contribution in [1.29, 1.82) is 0 Å². The second-order valence-corrected chi connectivity index (χ2v) is 7.48. The highest BCUT2D eigenvalue weighted by Crippen LogP contribution is 2.27. The molecule has 112 valence electrons. The standard InChI is InChI=1S/C15H18BrN3OS/c1-5-9-8-10(16)6-7-11(9)17-14(20)12-13(15(2,3)4)18-19-21-12/h6-8H,5H2,1-4H3,(H,17,20).